The molecule has 0 aliphatic rings. The minimum atomic E-state index is -0.455. The number of nitrogens with zero attached hydrogens (tertiary/aromatic N) is 1. The molecule has 0 unspecified atom stereocenters. The zero-order valence-corrected chi connectivity index (χ0v) is 13.3. The van der Waals surface area contributed by atoms with Crippen molar-refractivity contribution in [2.45, 2.75) is 39.8 Å². The second-order valence-electron chi connectivity index (χ2n) is 6.04. The van der Waals surface area contributed by atoms with Crippen molar-refractivity contribution in [1.82, 2.24) is 15.5 Å². The molecule has 0 aromatic heterocycles. The molecule has 0 fully saturated rings. The monoisotopic (exact) mass is 291 g/mol. The molecular weight excluding hydrogens is 266 g/mol. The minimum Gasteiger partial charge on any atom is -0.333 e. The van der Waals surface area contributed by atoms with E-state index in [0.717, 1.165) is 12.1 Å². The molecule has 0 saturated carbocycles. The third-order valence-corrected chi connectivity index (χ3v) is 2.80. The number of carbonyl (C=O) groups excluding carboxylic acids is 2. The number of imide groups is 1. The van der Waals surface area contributed by atoms with Gasteiger partial charge in [0.15, 0.2) is 0 Å². The maximum atomic E-state index is 11.9. The van der Waals surface area contributed by atoms with Crippen LogP contribution >= 0.6 is 0 Å². The third-order valence-electron chi connectivity index (χ3n) is 2.80. The van der Waals surface area contributed by atoms with Gasteiger partial charge < -0.3 is 5.32 Å². The van der Waals surface area contributed by atoms with E-state index in [4.69, 9.17) is 0 Å². The van der Waals surface area contributed by atoms with Crippen LogP contribution < -0.4 is 10.6 Å². The largest absolute Gasteiger partial charge is 0.333 e. The Balaban J connectivity index is 2.46. The molecule has 21 heavy (non-hydrogen) atoms. The van der Waals surface area contributed by atoms with Crippen LogP contribution in [-0.4, -0.2) is 35.5 Å². The first-order valence-electron chi connectivity index (χ1n) is 7.18. The van der Waals surface area contributed by atoms with Crippen LogP contribution in [0.5, 0.6) is 0 Å². The summed E-state index contributed by atoms with van der Waals surface area (Å²) < 4.78 is 0. The van der Waals surface area contributed by atoms with Crippen molar-refractivity contribution in [2.24, 2.45) is 0 Å². The van der Waals surface area contributed by atoms with Crippen LogP contribution in [0.4, 0.5) is 4.79 Å². The highest BCUT2D eigenvalue weighted by molar-refractivity contribution is 5.95. The van der Waals surface area contributed by atoms with Crippen LogP contribution in [0.15, 0.2) is 30.3 Å². The summed E-state index contributed by atoms with van der Waals surface area (Å²) in [6, 6.07) is 9.49. The van der Waals surface area contributed by atoms with E-state index in [2.05, 4.69) is 10.6 Å². The van der Waals surface area contributed by atoms with Crippen LogP contribution in [0.1, 0.15) is 33.3 Å². The van der Waals surface area contributed by atoms with Crippen LogP contribution in [0, 0.1) is 0 Å². The summed E-state index contributed by atoms with van der Waals surface area (Å²) in [7, 11) is 0. The van der Waals surface area contributed by atoms with E-state index in [0.29, 0.717) is 6.54 Å². The SMILES string of the molecule is CCN(CC(=O)NC(=O)NC(C)(C)C)Cc1ccccc1. The standard InChI is InChI=1S/C16H25N3O2/c1-5-19(11-13-9-7-6-8-10-13)12-14(20)17-15(21)18-16(2,3)4/h6-10H,5,11-12H2,1-4H3,(H2,17,18,20,21). The molecule has 5 nitrogen and oxygen atoms in total. The van der Waals surface area contributed by atoms with Gasteiger partial charge in [0.05, 0.1) is 6.54 Å². The number of likely N-dealkylation sites (N-methyl/N-ethyl adjacent to an activating group) is 1. The Kier molecular flexibility index (Phi) is 6.37. The van der Waals surface area contributed by atoms with E-state index < -0.39 is 6.03 Å². The number of hydrogen-bond acceptors (Lipinski definition) is 3. The Labute approximate surface area is 126 Å². The fourth-order valence-electron chi connectivity index (χ4n) is 1.86. The average molecular weight is 291 g/mol. The minimum absolute atomic E-state index is 0.197. The molecule has 3 amide bonds. The van der Waals surface area contributed by atoms with Crippen molar-refractivity contribution < 1.29 is 9.59 Å². The smallest absolute Gasteiger partial charge is 0.321 e. The molecule has 0 saturated heterocycles. The molecule has 0 aliphatic carbocycles. The fourth-order valence-corrected chi connectivity index (χ4v) is 1.86. The molecular formula is C16H25N3O2. The zero-order chi connectivity index (χ0) is 15.9. The Morgan fingerprint density at radius 2 is 1.76 bits per heavy atom. The van der Waals surface area contributed by atoms with Crippen molar-refractivity contribution in [2.75, 3.05) is 13.1 Å². The molecule has 116 valence electrons. The number of nitrogens with one attached hydrogen (secondary N) is 2. The lowest BCUT2D eigenvalue weighted by Gasteiger charge is -2.22. The maximum Gasteiger partial charge on any atom is 0.321 e. The predicted molar refractivity (Wildman–Crippen MR) is 83.8 cm³/mol. The number of benzene rings is 1. The Bertz CT molecular complexity index is 466. The lowest BCUT2D eigenvalue weighted by molar-refractivity contribution is -0.121. The van der Waals surface area contributed by atoms with Gasteiger partial charge in [-0.2, -0.15) is 0 Å². The number of carbonyl (C=O) groups is 2. The van der Waals surface area contributed by atoms with Crippen molar-refractivity contribution in [3.05, 3.63) is 35.9 Å². The van der Waals surface area contributed by atoms with Gasteiger partial charge in [0, 0.05) is 12.1 Å². The molecule has 2 N–H and O–H groups in total. The van der Waals surface area contributed by atoms with Gasteiger partial charge in [-0.3, -0.25) is 15.0 Å². The molecule has 0 spiro atoms. The molecule has 0 bridgehead atoms. The van der Waals surface area contributed by atoms with E-state index >= 15 is 0 Å². The Hall–Kier alpha value is -1.88. The molecule has 0 atom stereocenters. The summed E-state index contributed by atoms with van der Waals surface area (Å²) in [5, 5.41) is 5.06. The van der Waals surface area contributed by atoms with Gasteiger partial charge in [-0.15, -0.1) is 0 Å². The quantitative estimate of drug-likeness (QED) is 0.873. The molecule has 0 aliphatic heterocycles. The van der Waals surface area contributed by atoms with Crippen LogP contribution in [0.2, 0.25) is 0 Å². The van der Waals surface area contributed by atoms with Gasteiger partial charge in [0.25, 0.3) is 0 Å². The summed E-state index contributed by atoms with van der Waals surface area (Å²) in [6.07, 6.45) is 0. The first-order valence-corrected chi connectivity index (χ1v) is 7.18. The molecule has 0 radical (unpaired) electrons. The summed E-state index contributed by atoms with van der Waals surface area (Å²) in [5.74, 6) is -0.297. The van der Waals surface area contributed by atoms with Crippen LogP contribution in [0.3, 0.4) is 0 Å². The highest BCUT2D eigenvalue weighted by atomic mass is 16.2. The number of urea groups is 1. The van der Waals surface area contributed by atoms with E-state index in [1.807, 2.05) is 62.9 Å². The second-order valence-corrected chi connectivity index (χ2v) is 6.04. The van der Waals surface area contributed by atoms with E-state index in [1.54, 1.807) is 0 Å². The van der Waals surface area contributed by atoms with Crippen molar-refractivity contribution >= 4 is 11.9 Å². The topological polar surface area (TPSA) is 61.4 Å². The first-order chi connectivity index (χ1) is 9.80. The molecule has 0 heterocycles. The number of rotatable bonds is 5. The van der Waals surface area contributed by atoms with Crippen molar-refractivity contribution in [3.8, 4) is 0 Å². The van der Waals surface area contributed by atoms with E-state index in [-0.39, 0.29) is 18.0 Å². The highest BCUT2D eigenvalue weighted by Crippen LogP contribution is 2.03. The molecule has 1 aromatic carbocycles. The molecule has 5 heteroatoms. The van der Waals surface area contributed by atoms with Crippen molar-refractivity contribution in [1.29, 1.82) is 0 Å². The maximum absolute atomic E-state index is 11.9. The predicted octanol–water partition coefficient (Wildman–Crippen LogP) is 2.13. The molecule has 1 rings (SSSR count). The summed E-state index contributed by atoms with van der Waals surface area (Å²) in [4.78, 5) is 25.5. The van der Waals surface area contributed by atoms with Crippen LogP contribution in [-0.2, 0) is 11.3 Å². The van der Waals surface area contributed by atoms with Gasteiger partial charge >= 0.3 is 6.03 Å². The lowest BCUT2D eigenvalue weighted by Crippen LogP contribution is -2.50. The first kappa shape index (κ1) is 17.2. The average Bonchev–Trinajstić information content (AvgIpc) is 2.36. The van der Waals surface area contributed by atoms with Gasteiger partial charge in [0.1, 0.15) is 0 Å². The zero-order valence-electron chi connectivity index (χ0n) is 13.3. The Morgan fingerprint density at radius 1 is 1.14 bits per heavy atom. The fraction of sp³-hybridized carbons (Fsp3) is 0.500. The number of amides is 3. The normalized spacial score (nSPS) is 11.3. The van der Waals surface area contributed by atoms with Gasteiger partial charge in [0.2, 0.25) is 5.91 Å². The van der Waals surface area contributed by atoms with Crippen LogP contribution in [0.25, 0.3) is 0 Å². The third kappa shape index (κ3) is 7.46. The lowest BCUT2D eigenvalue weighted by atomic mass is 10.1. The van der Waals surface area contributed by atoms with Gasteiger partial charge in [-0.25, -0.2) is 4.79 Å². The van der Waals surface area contributed by atoms with E-state index in [9.17, 15) is 9.59 Å². The Morgan fingerprint density at radius 3 is 2.29 bits per heavy atom. The summed E-state index contributed by atoms with van der Waals surface area (Å²) in [6.45, 7) is 9.21. The summed E-state index contributed by atoms with van der Waals surface area (Å²) >= 11 is 0. The van der Waals surface area contributed by atoms with Gasteiger partial charge in [-0.1, -0.05) is 37.3 Å². The van der Waals surface area contributed by atoms with Gasteiger partial charge in [-0.05, 0) is 32.9 Å². The second kappa shape index (κ2) is 7.78. The molecule has 1 aromatic rings. The number of hydrogen-bond donors (Lipinski definition) is 2. The highest BCUT2D eigenvalue weighted by Gasteiger charge is 2.17. The van der Waals surface area contributed by atoms with Crippen molar-refractivity contribution in [3.63, 3.8) is 0 Å². The van der Waals surface area contributed by atoms with E-state index in [1.165, 1.54) is 0 Å². The summed E-state index contributed by atoms with van der Waals surface area (Å²) in [5.41, 5.74) is 0.782.